The van der Waals surface area contributed by atoms with Crippen molar-refractivity contribution in [1.29, 1.82) is 5.26 Å². The molecule has 3 aromatic rings. The van der Waals surface area contributed by atoms with Gasteiger partial charge in [0.25, 0.3) is 5.56 Å². The highest BCUT2D eigenvalue weighted by Gasteiger charge is 2.16. The topological polar surface area (TPSA) is 129 Å². The Hall–Kier alpha value is -3.87. The Kier molecular flexibility index (Phi) is 4.05. The van der Waals surface area contributed by atoms with Crippen LogP contribution < -0.4 is 5.56 Å². The number of hydrogen-bond donors (Lipinski definition) is 0. The number of ether oxygens (including phenoxy) is 1. The van der Waals surface area contributed by atoms with E-state index >= 15 is 0 Å². The number of esters is 1. The second-order valence-corrected chi connectivity index (χ2v) is 4.94. The number of nitrogens with zero attached hydrogens (tertiary/aromatic N) is 7. The monoisotopic (exact) mass is 337 g/mol. The highest BCUT2D eigenvalue weighted by atomic mass is 16.5. The number of pyridine rings is 1. The predicted molar refractivity (Wildman–Crippen MR) is 83.7 cm³/mol. The lowest BCUT2D eigenvalue weighted by atomic mass is 10.2. The van der Waals surface area contributed by atoms with Gasteiger partial charge in [0.05, 0.1) is 30.9 Å². The average molecular weight is 337 g/mol. The van der Waals surface area contributed by atoms with Crippen LogP contribution in [0.25, 0.3) is 16.9 Å². The van der Waals surface area contributed by atoms with Gasteiger partial charge in [0.1, 0.15) is 11.6 Å². The Morgan fingerprint density at radius 1 is 1.28 bits per heavy atom. The van der Waals surface area contributed by atoms with Crippen LogP contribution in [-0.4, -0.2) is 42.8 Å². The summed E-state index contributed by atoms with van der Waals surface area (Å²) in [6, 6.07) is 4.47. The van der Waals surface area contributed by atoms with Crippen molar-refractivity contribution in [1.82, 2.24) is 29.8 Å². The Labute approximate surface area is 140 Å². The molecule has 0 saturated carbocycles. The molecule has 3 heterocycles. The second kappa shape index (κ2) is 6.32. The minimum Gasteiger partial charge on any atom is -0.464 e. The summed E-state index contributed by atoms with van der Waals surface area (Å²) in [7, 11) is 2.90. The van der Waals surface area contributed by atoms with Crippen molar-refractivity contribution in [2.45, 2.75) is 0 Å². The Morgan fingerprint density at radius 2 is 2.08 bits per heavy atom. The molecule has 0 N–H and O–H groups in total. The molecule has 0 radical (unpaired) electrons. The average Bonchev–Trinajstić information content (AvgIpc) is 3.07. The molecule has 0 aromatic carbocycles. The molecule has 10 nitrogen and oxygen atoms in total. The van der Waals surface area contributed by atoms with E-state index < -0.39 is 11.5 Å². The Morgan fingerprint density at radius 3 is 2.72 bits per heavy atom. The van der Waals surface area contributed by atoms with Crippen molar-refractivity contribution in [2.24, 2.45) is 7.05 Å². The number of carbonyl (C=O) groups excluding carboxylic acids is 1. The molecule has 0 amide bonds. The van der Waals surface area contributed by atoms with E-state index in [4.69, 9.17) is 5.26 Å². The molecule has 0 atom stereocenters. The largest absolute Gasteiger partial charge is 0.464 e. The summed E-state index contributed by atoms with van der Waals surface area (Å²) in [5.41, 5.74) is 0.533. The number of rotatable bonds is 3. The zero-order chi connectivity index (χ0) is 18.0. The van der Waals surface area contributed by atoms with E-state index in [1.54, 1.807) is 36.3 Å². The van der Waals surface area contributed by atoms with Crippen LogP contribution in [0.15, 0.2) is 35.5 Å². The standard InChI is InChI=1S/C15H11N7O3/c1-21-13(8-18-20-21)10-3-11(7-17-6-10)22-14(23)9(5-16)4-12(19-22)15(24)25-2/h3-4,6-8H,1-2H3. The van der Waals surface area contributed by atoms with Gasteiger partial charge in [-0.3, -0.25) is 9.78 Å². The SMILES string of the molecule is COC(=O)c1cc(C#N)c(=O)n(-c2cncc(-c3cnnn3C)c2)n1. The van der Waals surface area contributed by atoms with Crippen LogP contribution in [0.4, 0.5) is 0 Å². The van der Waals surface area contributed by atoms with E-state index in [1.165, 1.54) is 13.3 Å². The zero-order valence-corrected chi connectivity index (χ0v) is 13.2. The molecular formula is C15H11N7O3. The first kappa shape index (κ1) is 16.0. The van der Waals surface area contributed by atoms with Crippen molar-refractivity contribution >= 4 is 5.97 Å². The van der Waals surface area contributed by atoms with E-state index in [9.17, 15) is 9.59 Å². The van der Waals surface area contributed by atoms with Gasteiger partial charge in [-0.2, -0.15) is 15.0 Å². The third kappa shape index (κ3) is 2.86. The zero-order valence-electron chi connectivity index (χ0n) is 13.2. The molecule has 0 unspecified atom stereocenters. The lowest BCUT2D eigenvalue weighted by molar-refractivity contribution is 0.0591. The molecule has 3 rings (SSSR count). The lowest BCUT2D eigenvalue weighted by Gasteiger charge is -2.08. The first-order valence-corrected chi connectivity index (χ1v) is 6.98. The normalized spacial score (nSPS) is 10.3. The quantitative estimate of drug-likeness (QED) is 0.615. The van der Waals surface area contributed by atoms with E-state index in [-0.39, 0.29) is 16.9 Å². The van der Waals surface area contributed by atoms with Crippen LogP contribution in [0.5, 0.6) is 0 Å². The number of nitriles is 1. The van der Waals surface area contributed by atoms with Gasteiger partial charge in [-0.15, -0.1) is 5.10 Å². The molecule has 25 heavy (non-hydrogen) atoms. The summed E-state index contributed by atoms with van der Waals surface area (Å²) in [6.45, 7) is 0. The smallest absolute Gasteiger partial charge is 0.358 e. The minimum absolute atomic E-state index is 0.161. The lowest BCUT2D eigenvalue weighted by Crippen LogP contribution is -2.26. The summed E-state index contributed by atoms with van der Waals surface area (Å²) in [4.78, 5) is 28.2. The number of methoxy groups -OCH3 is 1. The van der Waals surface area contributed by atoms with Crippen LogP contribution >= 0.6 is 0 Å². The molecular weight excluding hydrogens is 326 g/mol. The summed E-state index contributed by atoms with van der Waals surface area (Å²) in [5, 5.41) is 20.7. The molecule has 0 aliphatic heterocycles. The molecule has 0 bridgehead atoms. The highest BCUT2D eigenvalue weighted by Crippen LogP contribution is 2.18. The maximum absolute atomic E-state index is 12.4. The van der Waals surface area contributed by atoms with Crippen molar-refractivity contribution in [3.8, 4) is 23.0 Å². The van der Waals surface area contributed by atoms with Gasteiger partial charge in [0.2, 0.25) is 0 Å². The Bertz CT molecular complexity index is 1060. The summed E-state index contributed by atoms with van der Waals surface area (Å²) >= 11 is 0. The van der Waals surface area contributed by atoms with Crippen LogP contribution in [-0.2, 0) is 11.8 Å². The van der Waals surface area contributed by atoms with Crippen LogP contribution in [0.1, 0.15) is 16.1 Å². The van der Waals surface area contributed by atoms with E-state index in [0.29, 0.717) is 11.3 Å². The van der Waals surface area contributed by atoms with Crippen LogP contribution in [0.3, 0.4) is 0 Å². The maximum atomic E-state index is 12.4. The summed E-state index contributed by atoms with van der Waals surface area (Å²) in [6.07, 6.45) is 4.51. The molecule has 0 aliphatic carbocycles. The van der Waals surface area contributed by atoms with Crippen LogP contribution in [0, 0.1) is 11.3 Å². The molecule has 0 aliphatic rings. The molecule has 0 saturated heterocycles. The molecule has 124 valence electrons. The fraction of sp³-hybridized carbons (Fsp3) is 0.133. The van der Waals surface area contributed by atoms with Crippen molar-refractivity contribution in [2.75, 3.05) is 7.11 Å². The van der Waals surface area contributed by atoms with Crippen molar-refractivity contribution < 1.29 is 9.53 Å². The van der Waals surface area contributed by atoms with Crippen molar-refractivity contribution in [3.05, 3.63) is 52.3 Å². The second-order valence-electron chi connectivity index (χ2n) is 4.94. The van der Waals surface area contributed by atoms with Gasteiger partial charge >= 0.3 is 5.97 Å². The number of hydrogen-bond acceptors (Lipinski definition) is 8. The summed E-state index contributed by atoms with van der Waals surface area (Å²) in [5.74, 6) is -0.759. The van der Waals surface area contributed by atoms with Gasteiger partial charge in [-0.25, -0.2) is 9.48 Å². The number of aryl methyl sites for hydroxylation is 1. The summed E-state index contributed by atoms with van der Waals surface area (Å²) < 4.78 is 7.08. The van der Waals surface area contributed by atoms with Gasteiger partial charge in [-0.1, -0.05) is 5.21 Å². The predicted octanol–water partition coefficient (Wildman–Crippen LogP) is 0.0813. The third-order valence-electron chi connectivity index (χ3n) is 3.41. The fourth-order valence-electron chi connectivity index (χ4n) is 2.19. The minimum atomic E-state index is -0.759. The molecule has 3 aromatic heterocycles. The fourth-order valence-corrected chi connectivity index (χ4v) is 2.19. The van der Waals surface area contributed by atoms with Gasteiger partial charge in [-0.05, 0) is 12.1 Å². The maximum Gasteiger partial charge on any atom is 0.358 e. The van der Waals surface area contributed by atoms with E-state index in [0.717, 1.165) is 10.7 Å². The van der Waals surface area contributed by atoms with Crippen LogP contribution in [0.2, 0.25) is 0 Å². The van der Waals surface area contributed by atoms with E-state index in [1.807, 2.05) is 0 Å². The van der Waals surface area contributed by atoms with E-state index in [2.05, 4.69) is 25.1 Å². The third-order valence-corrected chi connectivity index (χ3v) is 3.41. The number of carbonyl (C=O) groups is 1. The first-order chi connectivity index (χ1) is 12.0. The van der Waals surface area contributed by atoms with Crippen molar-refractivity contribution in [3.63, 3.8) is 0 Å². The molecule has 0 fully saturated rings. The first-order valence-electron chi connectivity index (χ1n) is 6.98. The number of aromatic nitrogens is 6. The van der Waals surface area contributed by atoms with Gasteiger partial charge < -0.3 is 4.74 Å². The Balaban J connectivity index is 2.20. The molecule has 10 heteroatoms. The molecule has 0 spiro atoms. The van der Waals surface area contributed by atoms with Gasteiger partial charge in [0.15, 0.2) is 5.69 Å². The highest BCUT2D eigenvalue weighted by molar-refractivity contribution is 5.87. The van der Waals surface area contributed by atoms with Gasteiger partial charge in [0, 0.05) is 18.8 Å².